The number of carbonyl (C=O) groups excluding carboxylic acids is 1. The summed E-state index contributed by atoms with van der Waals surface area (Å²) in [6.07, 6.45) is 0.169. The standard InChI is InChI=1S/C18H17Cl2N3O3/c19-11-6-12(20)16-13(7-11)22-15(17(24)25)8-14(16)23-18(26)21-9-10-4-2-1-3-5-10/h1-7,14-15,22H,8-9H2,(H,24,25)(H2,21,23,26)/t14-,15+/m1/s1. The highest BCUT2D eigenvalue weighted by Crippen LogP contribution is 2.39. The number of carboxylic acid groups (broad SMARTS) is 1. The molecule has 2 aromatic carbocycles. The summed E-state index contributed by atoms with van der Waals surface area (Å²) in [4.78, 5) is 23.7. The summed E-state index contributed by atoms with van der Waals surface area (Å²) < 4.78 is 0. The third-order valence-corrected chi connectivity index (χ3v) is 4.67. The number of fused-ring (bicyclic) bond motifs is 1. The quantitative estimate of drug-likeness (QED) is 0.635. The second-order valence-electron chi connectivity index (χ2n) is 5.98. The van der Waals surface area contributed by atoms with E-state index in [-0.39, 0.29) is 6.42 Å². The number of benzene rings is 2. The minimum atomic E-state index is -1.01. The summed E-state index contributed by atoms with van der Waals surface area (Å²) in [5.74, 6) is -1.01. The molecule has 0 spiro atoms. The average Bonchev–Trinajstić information content (AvgIpc) is 2.60. The van der Waals surface area contributed by atoms with Gasteiger partial charge in [0.05, 0.1) is 6.04 Å². The zero-order chi connectivity index (χ0) is 18.7. The zero-order valence-electron chi connectivity index (χ0n) is 13.6. The average molecular weight is 394 g/mol. The Bertz CT molecular complexity index is 830. The Hall–Kier alpha value is -2.44. The predicted molar refractivity (Wildman–Crippen MR) is 101 cm³/mol. The van der Waals surface area contributed by atoms with Gasteiger partial charge >= 0.3 is 12.0 Å². The number of rotatable bonds is 4. The first-order chi connectivity index (χ1) is 12.4. The molecule has 0 unspecified atom stereocenters. The van der Waals surface area contributed by atoms with Crippen molar-refractivity contribution in [2.75, 3.05) is 5.32 Å². The number of urea groups is 1. The molecular weight excluding hydrogens is 377 g/mol. The van der Waals surface area contributed by atoms with Crippen LogP contribution in [0.2, 0.25) is 10.0 Å². The lowest BCUT2D eigenvalue weighted by Crippen LogP contribution is -2.44. The van der Waals surface area contributed by atoms with Gasteiger partial charge in [0.1, 0.15) is 6.04 Å². The maximum Gasteiger partial charge on any atom is 0.326 e. The Labute approximate surface area is 160 Å². The molecule has 0 bridgehead atoms. The van der Waals surface area contributed by atoms with E-state index in [0.29, 0.717) is 27.8 Å². The molecule has 6 nitrogen and oxygen atoms in total. The van der Waals surface area contributed by atoms with E-state index in [2.05, 4.69) is 16.0 Å². The van der Waals surface area contributed by atoms with Crippen LogP contribution in [0.3, 0.4) is 0 Å². The number of hydrogen-bond acceptors (Lipinski definition) is 3. The molecule has 0 radical (unpaired) electrons. The molecule has 2 aromatic rings. The largest absolute Gasteiger partial charge is 0.480 e. The van der Waals surface area contributed by atoms with Crippen molar-refractivity contribution < 1.29 is 14.7 Å². The molecule has 26 heavy (non-hydrogen) atoms. The Morgan fingerprint density at radius 2 is 1.92 bits per heavy atom. The molecule has 0 saturated heterocycles. The van der Waals surface area contributed by atoms with Gasteiger partial charge in [-0.15, -0.1) is 0 Å². The van der Waals surface area contributed by atoms with Crippen molar-refractivity contribution in [1.29, 1.82) is 0 Å². The van der Waals surface area contributed by atoms with Crippen LogP contribution >= 0.6 is 23.2 Å². The number of carboxylic acids is 1. The van der Waals surface area contributed by atoms with E-state index >= 15 is 0 Å². The molecule has 0 fully saturated rings. The smallest absolute Gasteiger partial charge is 0.326 e. The van der Waals surface area contributed by atoms with Crippen LogP contribution < -0.4 is 16.0 Å². The van der Waals surface area contributed by atoms with Gasteiger partial charge in [-0.05, 0) is 17.7 Å². The fourth-order valence-electron chi connectivity index (χ4n) is 2.94. The second kappa shape index (κ2) is 7.85. The van der Waals surface area contributed by atoms with Crippen LogP contribution in [0, 0.1) is 0 Å². The fourth-order valence-corrected chi connectivity index (χ4v) is 3.56. The van der Waals surface area contributed by atoms with E-state index in [1.54, 1.807) is 12.1 Å². The third kappa shape index (κ3) is 4.20. The maximum atomic E-state index is 12.3. The van der Waals surface area contributed by atoms with E-state index < -0.39 is 24.1 Å². The summed E-state index contributed by atoms with van der Waals surface area (Å²) in [5, 5.41) is 18.6. The molecule has 1 aliphatic heterocycles. The van der Waals surface area contributed by atoms with Crippen LogP contribution in [-0.4, -0.2) is 23.1 Å². The van der Waals surface area contributed by atoms with Crippen LogP contribution in [-0.2, 0) is 11.3 Å². The Morgan fingerprint density at radius 1 is 1.19 bits per heavy atom. The van der Waals surface area contributed by atoms with E-state index in [9.17, 15) is 14.7 Å². The molecule has 3 rings (SSSR count). The second-order valence-corrected chi connectivity index (χ2v) is 6.83. The van der Waals surface area contributed by atoms with Crippen molar-refractivity contribution in [3.8, 4) is 0 Å². The predicted octanol–water partition coefficient (Wildman–Crippen LogP) is 3.80. The Morgan fingerprint density at radius 3 is 2.62 bits per heavy atom. The van der Waals surface area contributed by atoms with Gasteiger partial charge in [0.25, 0.3) is 0 Å². The van der Waals surface area contributed by atoms with Gasteiger partial charge in [-0.1, -0.05) is 53.5 Å². The van der Waals surface area contributed by atoms with Crippen LogP contribution in [0.15, 0.2) is 42.5 Å². The van der Waals surface area contributed by atoms with Crippen LogP contribution in [0.25, 0.3) is 0 Å². The number of halogens is 2. The number of anilines is 1. The normalized spacial score (nSPS) is 18.4. The van der Waals surface area contributed by atoms with Crippen LogP contribution in [0.5, 0.6) is 0 Å². The van der Waals surface area contributed by atoms with Crippen molar-refractivity contribution in [2.24, 2.45) is 0 Å². The SMILES string of the molecule is O=C(NCc1ccccc1)N[C@@H]1C[C@@H](C(=O)O)Nc2cc(Cl)cc(Cl)c21. The number of carbonyl (C=O) groups is 2. The molecule has 4 N–H and O–H groups in total. The van der Waals surface area contributed by atoms with Gasteiger partial charge < -0.3 is 21.1 Å². The van der Waals surface area contributed by atoms with E-state index in [0.717, 1.165) is 5.56 Å². The van der Waals surface area contributed by atoms with Gasteiger partial charge in [-0.25, -0.2) is 9.59 Å². The highest BCUT2D eigenvalue weighted by molar-refractivity contribution is 6.35. The summed E-state index contributed by atoms with van der Waals surface area (Å²) in [6, 6.07) is 10.9. The zero-order valence-corrected chi connectivity index (χ0v) is 15.1. The molecule has 0 aromatic heterocycles. The van der Waals surface area contributed by atoms with Crippen molar-refractivity contribution in [1.82, 2.24) is 10.6 Å². The van der Waals surface area contributed by atoms with Gasteiger partial charge in [-0.2, -0.15) is 0 Å². The molecule has 1 heterocycles. The highest BCUT2D eigenvalue weighted by Gasteiger charge is 2.33. The molecule has 0 aliphatic carbocycles. The number of nitrogens with one attached hydrogen (secondary N) is 3. The third-order valence-electron chi connectivity index (χ3n) is 4.14. The number of amides is 2. The first-order valence-electron chi connectivity index (χ1n) is 8.00. The first-order valence-corrected chi connectivity index (χ1v) is 8.76. The van der Waals surface area contributed by atoms with Crippen molar-refractivity contribution in [2.45, 2.75) is 25.0 Å². The Kier molecular flexibility index (Phi) is 5.54. The minimum absolute atomic E-state index is 0.169. The number of aliphatic carboxylic acids is 1. The minimum Gasteiger partial charge on any atom is -0.480 e. The van der Waals surface area contributed by atoms with Gasteiger partial charge in [0.15, 0.2) is 0 Å². The van der Waals surface area contributed by atoms with Gasteiger partial charge in [0.2, 0.25) is 0 Å². The molecule has 136 valence electrons. The maximum absolute atomic E-state index is 12.3. The molecule has 1 aliphatic rings. The molecule has 0 saturated carbocycles. The molecular formula is C18H17Cl2N3O3. The van der Waals surface area contributed by atoms with Crippen molar-refractivity contribution in [3.05, 3.63) is 63.6 Å². The van der Waals surface area contributed by atoms with E-state index in [1.165, 1.54) is 0 Å². The summed E-state index contributed by atoms with van der Waals surface area (Å²) in [6.45, 7) is 0.362. The summed E-state index contributed by atoms with van der Waals surface area (Å²) >= 11 is 12.3. The molecule has 2 atom stereocenters. The van der Waals surface area contributed by atoms with Crippen molar-refractivity contribution >= 4 is 40.9 Å². The van der Waals surface area contributed by atoms with Gasteiger partial charge in [0, 0.05) is 34.3 Å². The molecule has 2 amide bonds. The number of hydrogen-bond donors (Lipinski definition) is 4. The van der Waals surface area contributed by atoms with Crippen molar-refractivity contribution in [3.63, 3.8) is 0 Å². The Balaban J connectivity index is 1.76. The van der Waals surface area contributed by atoms with E-state index in [1.807, 2.05) is 30.3 Å². The lowest BCUT2D eigenvalue weighted by Gasteiger charge is -2.32. The van der Waals surface area contributed by atoms with Crippen LogP contribution in [0.4, 0.5) is 10.5 Å². The van der Waals surface area contributed by atoms with Crippen LogP contribution in [0.1, 0.15) is 23.6 Å². The topological polar surface area (TPSA) is 90.5 Å². The highest BCUT2D eigenvalue weighted by atomic mass is 35.5. The summed E-state index contributed by atoms with van der Waals surface area (Å²) in [5.41, 5.74) is 2.10. The van der Waals surface area contributed by atoms with E-state index in [4.69, 9.17) is 23.2 Å². The lowest BCUT2D eigenvalue weighted by molar-refractivity contribution is -0.138. The first kappa shape index (κ1) is 18.4. The monoisotopic (exact) mass is 393 g/mol. The van der Waals surface area contributed by atoms with Gasteiger partial charge in [-0.3, -0.25) is 0 Å². The lowest BCUT2D eigenvalue weighted by atomic mass is 9.93. The fraction of sp³-hybridized carbons (Fsp3) is 0.222. The summed E-state index contributed by atoms with van der Waals surface area (Å²) in [7, 11) is 0. The molecule has 8 heteroatoms.